The Bertz CT molecular complexity index is 644. The molecule has 4 bridgehead atoms. The molecule has 114 valence electrons. The average Bonchev–Trinajstić information content (AvgIpc) is 3.00. The molecule has 2 aromatic rings. The van der Waals surface area contributed by atoms with Gasteiger partial charge in [0.1, 0.15) is 0 Å². The summed E-state index contributed by atoms with van der Waals surface area (Å²) in [5, 5.41) is 10.2. The Morgan fingerprint density at radius 3 is 2.50 bits per heavy atom. The van der Waals surface area contributed by atoms with E-state index in [1.54, 1.807) is 11.3 Å². The number of aromatic nitrogens is 2. The van der Waals surface area contributed by atoms with Gasteiger partial charge in [-0.05, 0) is 31.1 Å². The van der Waals surface area contributed by atoms with Gasteiger partial charge < -0.3 is 4.74 Å². The first-order valence-electron chi connectivity index (χ1n) is 8.15. The first-order valence-corrected chi connectivity index (χ1v) is 8.96. The van der Waals surface area contributed by atoms with Gasteiger partial charge in [-0.1, -0.05) is 46.8 Å². The number of hydrogen-bond donors (Lipinski definition) is 0. The van der Waals surface area contributed by atoms with Gasteiger partial charge in [-0.25, -0.2) is 0 Å². The fraction of sp³-hybridized carbons (Fsp3) is 0.529. The molecule has 3 saturated heterocycles. The normalized spacial score (nSPS) is 35.7. The molecule has 0 amide bonds. The molecule has 1 aromatic carbocycles. The second-order valence-corrected chi connectivity index (χ2v) is 7.84. The predicted molar refractivity (Wildman–Crippen MR) is 85.7 cm³/mol. The standard InChI is InChI=1S/C17H19N3OS/c1-2-4-13(5-3-1)15-18-19-17(22-15)21-16-14-7-11-6-12(8-14)10-20(16)9-11/h1-5,11-12,14,16H,6-10H2/t11-,12-,16-/m0/s1. The zero-order valence-corrected chi connectivity index (χ0v) is 13.2. The van der Waals surface area contributed by atoms with Crippen LogP contribution in [0.1, 0.15) is 19.3 Å². The first kappa shape index (κ1) is 13.0. The lowest BCUT2D eigenvalue weighted by atomic mass is 9.67. The van der Waals surface area contributed by atoms with E-state index in [2.05, 4.69) is 27.2 Å². The highest BCUT2D eigenvalue weighted by molar-refractivity contribution is 7.16. The van der Waals surface area contributed by atoms with E-state index >= 15 is 0 Å². The van der Waals surface area contributed by atoms with Crippen molar-refractivity contribution in [3.8, 4) is 15.8 Å². The fourth-order valence-corrected chi connectivity index (χ4v) is 5.35. The van der Waals surface area contributed by atoms with Crippen LogP contribution in [0.25, 0.3) is 10.6 Å². The van der Waals surface area contributed by atoms with E-state index in [-0.39, 0.29) is 6.23 Å². The minimum absolute atomic E-state index is 0.226. The first-order chi connectivity index (χ1) is 10.8. The van der Waals surface area contributed by atoms with Crippen LogP contribution in [0, 0.1) is 17.8 Å². The van der Waals surface area contributed by atoms with Crippen molar-refractivity contribution in [2.75, 3.05) is 13.1 Å². The van der Waals surface area contributed by atoms with Crippen molar-refractivity contribution >= 4 is 11.3 Å². The van der Waals surface area contributed by atoms with Crippen LogP contribution in [-0.4, -0.2) is 34.4 Å². The predicted octanol–water partition coefficient (Wildman–Crippen LogP) is 3.27. The van der Waals surface area contributed by atoms with Gasteiger partial charge in [-0.2, -0.15) is 0 Å². The Morgan fingerprint density at radius 2 is 1.77 bits per heavy atom. The van der Waals surface area contributed by atoms with Crippen LogP contribution < -0.4 is 4.74 Å². The summed E-state index contributed by atoms with van der Waals surface area (Å²) in [6, 6.07) is 10.2. The van der Waals surface area contributed by atoms with Gasteiger partial charge in [0, 0.05) is 24.6 Å². The summed E-state index contributed by atoms with van der Waals surface area (Å²) in [5.74, 6) is 2.51. The van der Waals surface area contributed by atoms with Crippen molar-refractivity contribution in [3.05, 3.63) is 30.3 Å². The highest BCUT2D eigenvalue weighted by atomic mass is 32.1. The van der Waals surface area contributed by atoms with E-state index in [0.717, 1.165) is 27.6 Å². The Kier molecular flexibility index (Phi) is 2.98. The lowest BCUT2D eigenvalue weighted by Gasteiger charge is -2.55. The van der Waals surface area contributed by atoms with Crippen LogP contribution >= 0.6 is 11.3 Å². The molecule has 22 heavy (non-hydrogen) atoms. The minimum atomic E-state index is 0.226. The number of rotatable bonds is 3. The quantitative estimate of drug-likeness (QED) is 0.872. The molecule has 4 fully saturated rings. The molecule has 6 rings (SSSR count). The third-order valence-corrected chi connectivity index (χ3v) is 6.20. The molecule has 0 unspecified atom stereocenters. The van der Waals surface area contributed by atoms with Gasteiger partial charge in [-0.3, -0.25) is 4.90 Å². The van der Waals surface area contributed by atoms with Crippen molar-refractivity contribution in [3.63, 3.8) is 0 Å². The molecular formula is C17H19N3OS. The van der Waals surface area contributed by atoms with Gasteiger partial charge in [0.2, 0.25) is 0 Å². The van der Waals surface area contributed by atoms with Gasteiger partial charge in [-0.15, -0.1) is 5.10 Å². The molecule has 4 heterocycles. The van der Waals surface area contributed by atoms with E-state index < -0.39 is 0 Å². The van der Waals surface area contributed by atoms with Gasteiger partial charge in [0.15, 0.2) is 11.2 Å². The number of hydrogen-bond acceptors (Lipinski definition) is 5. The fourth-order valence-electron chi connectivity index (χ4n) is 4.62. The summed E-state index contributed by atoms with van der Waals surface area (Å²) in [7, 11) is 0. The molecule has 4 aliphatic rings. The van der Waals surface area contributed by atoms with Crippen LogP contribution in [-0.2, 0) is 0 Å². The maximum Gasteiger partial charge on any atom is 0.295 e. The average molecular weight is 313 g/mol. The van der Waals surface area contributed by atoms with Crippen LogP contribution in [0.15, 0.2) is 30.3 Å². The van der Waals surface area contributed by atoms with Gasteiger partial charge >= 0.3 is 0 Å². The summed E-state index contributed by atoms with van der Waals surface area (Å²) in [4.78, 5) is 2.54. The SMILES string of the molecule is c1ccc(-c2nnc(O[C@H]3C4C[C@@H]5C[C@@H](C4)CN3C5)s2)cc1. The van der Waals surface area contributed by atoms with Crippen molar-refractivity contribution in [2.45, 2.75) is 25.5 Å². The number of piperidine rings is 3. The zero-order valence-electron chi connectivity index (χ0n) is 12.4. The van der Waals surface area contributed by atoms with Gasteiger partial charge in [0.25, 0.3) is 5.19 Å². The summed E-state index contributed by atoms with van der Waals surface area (Å²) in [5.41, 5.74) is 1.11. The third kappa shape index (κ3) is 2.15. The van der Waals surface area contributed by atoms with Crippen LogP contribution in [0.4, 0.5) is 0 Å². The van der Waals surface area contributed by atoms with Crippen molar-refractivity contribution < 1.29 is 4.74 Å². The minimum Gasteiger partial charge on any atom is -0.449 e. The van der Waals surface area contributed by atoms with E-state index in [1.165, 1.54) is 32.4 Å². The number of benzene rings is 1. The molecule has 3 atom stereocenters. The summed E-state index contributed by atoms with van der Waals surface area (Å²) < 4.78 is 6.26. The molecule has 0 radical (unpaired) electrons. The van der Waals surface area contributed by atoms with Crippen molar-refractivity contribution in [1.29, 1.82) is 0 Å². The Hall–Kier alpha value is -1.46. The maximum absolute atomic E-state index is 6.26. The van der Waals surface area contributed by atoms with Crippen molar-refractivity contribution in [2.24, 2.45) is 17.8 Å². The lowest BCUT2D eigenvalue weighted by molar-refractivity contribution is -0.142. The highest BCUT2D eigenvalue weighted by Crippen LogP contribution is 2.47. The van der Waals surface area contributed by atoms with Crippen LogP contribution in [0.3, 0.4) is 0 Å². The molecule has 0 spiro atoms. The van der Waals surface area contributed by atoms with E-state index in [4.69, 9.17) is 4.74 Å². The Morgan fingerprint density at radius 1 is 1.00 bits per heavy atom. The topological polar surface area (TPSA) is 38.3 Å². The smallest absolute Gasteiger partial charge is 0.295 e. The highest BCUT2D eigenvalue weighted by Gasteiger charge is 2.48. The Balaban J connectivity index is 1.35. The van der Waals surface area contributed by atoms with Gasteiger partial charge in [0.05, 0.1) is 0 Å². The molecule has 1 aromatic heterocycles. The Labute approximate surface area is 134 Å². The largest absolute Gasteiger partial charge is 0.449 e. The second kappa shape index (κ2) is 5.03. The van der Waals surface area contributed by atoms with E-state index in [1.807, 2.05) is 18.2 Å². The van der Waals surface area contributed by atoms with Crippen LogP contribution in [0.2, 0.25) is 0 Å². The molecule has 0 N–H and O–H groups in total. The lowest BCUT2D eigenvalue weighted by Crippen LogP contribution is -2.61. The van der Waals surface area contributed by atoms with Crippen molar-refractivity contribution in [1.82, 2.24) is 15.1 Å². The number of ether oxygens (including phenoxy) is 1. The molecule has 5 heteroatoms. The molecular weight excluding hydrogens is 294 g/mol. The molecule has 1 saturated carbocycles. The maximum atomic E-state index is 6.26. The number of nitrogens with zero attached hydrogens (tertiary/aromatic N) is 3. The molecule has 4 nitrogen and oxygen atoms in total. The summed E-state index contributed by atoms with van der Waals surface area (Å²) in [6.45, 7) is 2.42. The monoisotopic (exact) mass is 313 g/mol. The zero-order chi connectivity index (χ0) is 14.5. The summed E-state index contributed by atoms with van der Waals surface area (Å²) in [6.07, 6.45) is 4.34. The molecule has 3 aliphatic heterocycles. The third-order valence-electron chi connectivity index (χ3n) is 5.34. The summed E-state index contributed by atoms with van der Waals surface area (Å²) >= 11 is 1.56. The second-order valence-electron chi connectivity index (χ2n) is 6.90. The molecule has 1 aliphatic carbocycles. The van der Waals surface area contributed by atoms with Crippen LogP contribution in [0.5, 0.6) is 5.19 Å². The van der Waals surface area contributed by atoms with E-state index in [9.17, 15) is 0 Å². The van der Waals surface area contributed by atoms with E-state index in [0.29, 0.717) is 5.92 Å².